The topological polar surface area (TPSA) is 57.4 Å². The fourth-order valence-electron chi connectivity index (χ4n) is 2.79. The molecule has 1 aromatic carbocycles. The van der Waals surface area contributed by atoms with Gasteiger partial charge in [0.25, 0.3) is 0 Å². The van der Waals surface area contributed by atoms with Crippen LogP contribution >= 0.6 is 0 Å². The number of pyridine rings is 1. The van der Waals surface area contributed by atoms with Gasteiger partial charge >= 0.3 is 0 Å². The van der Waals surface area contributed by atoms with E-state index >= 15 is 0 Å². The second-order valence-corrected chi connectivity index (χ2v) is 5.61. The fourth-order valence-corrected chi connectivity index (χ4v) is 2.79. The average Bonchev–Trinajstić information content (AvgIpc) is 3.27. The first kappa shape index (κ1) is 14.4. The Labute approximate surface area is 138 Å². The van der Waals surface area contributed by atoms with Crippen molar-refractivity contribution in [1.29, 1.82) is 0 Å². The summed E-state index contributed by atoms with van der Waals surface area (Å²) < 4.78 is 14.2. The minimum Gasteiger partial charge on any atom is -0.367 e. The van der Waals surface area contributed by atoms with E-state index in [1.54, 1.807) is 18.5 Å². The number of nitrogens with one attached hydrogen (secondary N) is 2. The summed E-state index contributed by atoms with van der Waals surface area (Å²) in [6, 6.07) is 12.7. The fraction of sp³-hybridized carbons (Fsp3) is 0.0526. The minimum absolute atomic E-state index is 0.253. The van der Waals surface area contributed by atoms with Crippen LogP contribution in [0.15, 0.2) is 61.1 Å². The van der Waals surface area contributed by atoms with Gasteiger partial charge in [-0.3, -0.25) is 10.1 Å². The maximum absolute atomic E-state index is 14.2. The van der Waals surface area contributed by atoms with Crippen LogP contribution < -0.4 is 0 Å². The van der Waals surface area contributed by atoms with E-state index in [1.165, 1.54) is 6.07 Å². The van der Waals surface area contributed by atoms with Crippen LogP contribution in [0.3, 0.4) is 0 Å². The Bertz CT molecular complexity index is 986. The number of hydrogen-bond donors (Lipinski definition) is 2. The lowest BCUT2D eigenvalue weighted by molar-refractivity contribution is 0.631. The van der Waals surface area contributed by atoms with E-state index in [4.69, 9.17) is 0 Å². The van der Waals surface area contributed by atoms with Crippen molar-refractivity contribution in [2.75, 3.05) is 0 Å². The molecule has 0 spiro atoms. The van der Waals surface area contributed by atoms with Gasteiger partial charge in [-0.2, -0.15) is 5.10 Å². The van der Waals surface area contributed by atoms with Crippen molar-refractivity contribution in [3.05, 3.63) is 72.6 Å². The number of benzene rings is 1. The summed E-state index contributed by atoms with van der Waals surface area (Å²) in [6.07, 6.45) is 5.37. The molecule has 0 saturated carbocycles. The average molecular weight is 318 g/mol. The third-order valence-electron chi connectivity index (χ3n) is 3.96. The SMILES string of the molecule is Cc1cccc(-c2n[nH]cc2-c2ccc(F)c(-c3cc[nH]c3)c2)n1. The maximum Gasteiger partial charge on any atom is 0.131 e. The molecule has 3 aromatic heterocycles. The summed E-state index contributed by atoms with van der Waals surface area (Å²) in [6.45, 7) is 1.94. The van der Waals surface area contributed by atoms with E-state index in [0.717, 1.165) is 33.8 Å². The molecule has 0 aliphatic heterocycles. The number of rotatable bonds is 3. The highest BCUT2D eigenvalue weighted by Gasteiger charge is 2.14. The van der Waals surface area contributed by atoms with E-state index in [1.807, 2.05) is 43.5 Å². The van der Waals surface area contributed by atoms with Gasteiger partial charge in [0.05, 0.1) is 5.69 Å². The molecule has 0 radical (unpaired) electrons. The first-order valence-corrected chi connectivity index (χ1v) is 7.63. The Morgan fingerprint density at radius 1 is 0.958 bits per heavy atom. The molecule has 0 saturated heterocycles. The smallest absolute Gasteiger partial charge is 0.131 e. The number of aromatic nitrogens is 4. The molecule has 4 rings (SSSR count). The zero-order valence-corrected chi connectivity index (χ0v) is 13.0. The molecule has 0 bridgehead atoms. The third-order valence-corrected chi connectivity index (χ3v) is 3.96. The van der Waals surface area contributed by atoms with E-state index in [2.05, 4.69) is 20.2 Å². The molecule has 3 heterocycles. The number of halogens is 1. The second-order valence-electron chi connectivity index (χ2n) is 5.61. The molecule has 0 atom stereocenters. The highest BCUT2D eigenvalue weighted by molar-refractivity contribution is 5.81. The van der Waals surface area contributed by atoms with Crippen molar-refractivity contribution in [2.24, 2.45) is 0 Å². The van der Waals surface area contributed by atoms with Gasteiger partial charge in [-0.15, -0.1) is 0 Å². The zero-order valence-electron chi connectivity index (χ0n) is 13.0. The predicted molar refractivity (Wildman–Crippen MR) is 91.7 cm³/mol. The minimum atomic E-state index is -0.253. The lowest BCUT2D eigenvalue weighted by Gasteiger charge is -2.07. The van der Waals surface area contributed by atoms with Crippen LogP contribution in [0.1, 0.15) is 5.69 Å². The lowest BCUT2D eigenvalue weighted by atomic mass is 9.99. The number of aromatic amines is 2. The predicted octanol–water partition coefficient (Wildman–Crippen LogP) is 4.58. The molecule has 2 N–H and O–H groups in total. The van der Waals surface area contributed by atoms with Gasteiger partial charge in [0.15, 0.2) is 0 Å². The molecule has 4 aromatic rings. The quantitative estimate of drug-likeness (QED) is 0.581. The van der Waals surface area contributed by atoms with Crippen LogP contribution in [0.4, 0.5) is 4.39 Å². The summed E-state index contributed by atoms with van der Waals surface area (Å²) in [4.78, 5) is 7.49. The Morgan fingerprint density at radius 2 is 1.88 bits per heavy atom. The van der Waals surface area contributed by atoms with Crippen LogP contribution in [-0.2, 0) is 0 Å². The van der Waals surface area contributed by atoms with Gasteiger partial charge in [-0.05, 0) is 42.8 Å². The zero-order chi connectivity index (χ0) is 16.5. The van der Waals surface area contributed by atoms with Crippen LogP contribution in [0, 0.1) is 12.7 Å². The normalized spacial score (nSPS) is 10.9. The molecule has 0 aliphatic carbocycles. The van der Waals surface area contributed by atoms with Crippen LogP contribution in [0.5, 0.6) is 0 Å². The molecular weight excluding hydrogens is 303 g/mol. The maximum atomic E-state index is 14.2. The van der Waals surface area contributed by atoms with Gasteiger partial charge in [-0.25, -0.2) is 4.39 Å². The van der Waals surface area contributed by atoms with Crippen molar-refractivity contribution in [1.82, 2.24) is 20.2 Å². The van der Waals surface area contributed by atoms with Gasteiger partial charge in [0, 0.05) is 41.0 Å². The third kappa shape index (κ3) is 2.50. The summed E-state index contributed by atoms with van der Waals surface area (Å²) >= 11 is 0. The largest absolute Gasteiger partial charge is 0.367 e. The first-order valence-electron chi connectivity index (χ1n) is 7.63. The van der Waals surface area contributed by atoms with E-state index in [0.29, 0.717) is 5.56 Å². The molecule has 0 unspecified atom stereocenters. The monoisotopic (exact) mass is 318 g/mol. The summed E-state index contributed by atoms with van der Waals surface area (Å²) in [5, 5.41) is 7.23. The van der Waals surface area contributed by atoms with Crippen LogP contribution in [-0.4, -0.2) is 20.2 Å². The standard InChI is InChI=1S/C19H15FN4/c1-12-3-2-4-18(23-12)19-16(11-22-24-19)13-5-6-17(20)15(9-13)14-7-8-21-10-14/h2-11,21H,1H3,(H,22,24). The van der Waals surface area contributed by atoms with Crippen molar-refractivity contribution >= 4 is 0 Å². The number of aryl methyl sites for hydroxylation is 1. The summed E-state index contributed by atoms with van der Waals surface area (Å²) in [7, 11) is 0. The molecule has 0 aliphatic rings. The highest BCUT2D eigenvalue weighted by Crippen LogP contribution is 2.33. The first-order chi connectivity index (χ1) is 11.7. The van der Waals surface area contributed by atoms with Crippen LogP contribution in [0.25, 0.3) is 33.6 Å². The Balaban J connectivity index is 1.84. The summed E-state index contributed by atoms with van der Waals surface area (Å²) in [5.74, 6) is -0.253. The lowest BCUT2D eigenvalue weighted by Crippen LogP contribution is -1.90. The van der Waals surface area contributed by atoms with Crippen molar-refractivity contribution < 1.29 is 4.39 Å². The van der Waals surface area contributed by atoms with Gasteiger partial charge in [0.1, 0.15) is 11.5 Å². The van der Waals surface area contributed by atoms with E-state index in [9.17, 15) is 4.39 Å². The Morgan fingerprint density at radius 3 is 2.67 bits per heavy atom. The summed E-state index contributed by atoms with van der Waals surface area (Å²) in [5.41, 5.74) is 5.62. The molecule has 5 heteroatoms. The van der Waals surface area contributed by atoms with E-state index < -0.39 is 0 Å². The molecule has 0 fully saturated rings. The van der Waals surface area contributed by atoms with Crippen molar-refractivity contribution in [2.45, 2.75) is 6.92 Å². The van der Waals surface area contributed by atoms with Crippen molar-refractivity contribution in [3.8, 4) is 33.6 Å². The molecule has 118 valence electrons. The highest BCUT2D eigenvalue weighted by atomic mass is 19.1. The molecule has 24 heavy (non-hydrogen) atoms. The van der Waals surface area contributed by atoms with Gasteiger partial charge in [-0.1, -0.05) is 12.1 Å². The van der Waals surface area contributed by atoms with Crippen molar-refractivity contribution in [3.63, 3.8) is 0 Å². The van der Waals surface area contributed by atoms with Gasteiger partial charge < -0.3 is 4.98 Å². The number of hydrogen-bond acceptors (Lipinski definition) is 2. The number of H-pyrrole nitrogens is 2. The molecule has 4 nitrogen and oxygen atoms in total. The van der Waals surface area contributed by atoms with Crippen LogP contribution in [0.2, 0.25) is 0 Å². The molecule has 0 amide bonds. The molecular formula is C19H15FN4. The Kier molecular flexibility index (Phi) is 3.46. The number of nitrogens with zero attached hydrogens (tertiary/aromatic N) is 2. The van der Waals surface area contributed by atoms with Gasteiger partial charge in [0.2, 0.25) is 0 Å². The van der Waals surface area contributed by atoms with E-state index in [-0.39, 0.29) is 5.82 Å². The Hall–Kier alpha value is -3.21. The second kappa shape index (κ2) is 5.77.